The number of nitrogens with zero attached hydrogens (tertiary/aromatic N) is 1. The van der Waals surface area contributed by atoms with E-state index in [1.54, 1.807) is 30.3 Å². The zero-order valence-corrected chi connectivity index (χ0v) is 15.6. The van der Waals surface area contributed by atoms with Crippen molar-refractivity contribution in [2.75, 3.05) is 7.11 Å². The Morgan fingerprint density at radius 2 is 1.78 bits per heavy atom. The highest BCUT2D eigenvalue weighted by molar-refractivity contribution is 7.24. The van der Waals surface area contributed by atoms with Gasteiger partial charge in [-0.25, -0.2) is 4.79 Å². The van der Waals surface area contributed by atoms with E-state index >= 15 is 0 Å². The third kappa shape index (κ3) is 2.83. The molecule has 5 nitrogen and oxygen atoms in total. The Morgan fingerprint density at radius 3 is 2.48 bits per heavy atom. The fraction of sp³-hybridized carbons (Fsp3) is 0.0500. The minimum Gasteiger partial charge on any atom is -0.465 e. The molecule has 2 aromatic heterocycles. The topological polar surface area (TPSA) is 64.8 Å². The highest BCUT2D eigenvalue weighted by Gasteiger charge is 2.25. The molecule has 0 bridgehead atoms. The number of para-hydroxylation sites is 1. The van der Waals surface area contributed by atoms with E-state index < -0.39 is 11.5 Å². The number of aromatic nitrogens is 1. The number of thiazole rings is 1. The third-order valence-corrected chi connectivity index (χ3v) is 5.62. The number of benzene rings is 2. The van der Waals surface area contributed by atoms with Gasteiger partial charge in [0.15, 0.2) is 5.78 Å². The van der Waals surface area contributed by atoms with Crippen LogP contribution in [0.4, 0.5) is 0 Å². The van der Waals surface area contributed by atoms with Gasteiger partial charge in [0.2, 0.25) is 0 Å². The lowest BCUT2D eigenvalue weighted by atomic mass is 10.00. The molecule has 7 heteroatoms. The molecular weight excluding hydrogens is 386 g/mol. The normalized spacial score (nSPS) is 11.0. The molecule has 0 aliphatic rings. The Labute approximate surface area is 162 Å². The van der Waals surface area contributed by atoms with Gasteiger partial charge in [0.05, 0.1) is 28.5 Å². The second-order valence-electron chi connectivity index (χ2n) is 5.81. The van der Waals surface area contributed by atoms with Gasteiger partial charge in [0, 0.05) is 16.7 Å². The van der Waals surface area contributed by atoms with Crippen molar-refractivity contribution in [2.45, 2.75) is 0 Å². The first kappa shape index (κ1) is 17.5. The molecular formula is C20H12ClNO4S. The monoisotopic (exact) mass is 397 g/mol. The molecule has 0 aliphatic carbocycles. The van der Waals surface area contributed by atoms with E-state index in [1.807, 2.05) is 18.2 Å². The Morgan fingerprint density at radius 1 is 1.07 bits per heavy atom. The molecule has 0 spiro atoms. The van der Waals surface area contributed by atoms with E-state index in [9.17, 15) is 14.4 Å². The highest BCUT2D eigenvalue weighted by atomic mass is 35.5. The number of esters is 1. The van der Waals surface area contributed by atoms with Crippen LogP contribution in [0, 0.1) is 0 Å². The van der Waals surface area contributed by atoms with Crippen molar-refractivity contribution < 1.29 is 14.3 Å². The van der Waals surface area contributed by atoms with Gasteiger partial charge in [-0.2, -0.15) is 0 Å². The van der Waals surface area contributed by atoms with Gasteiger partial charge in [0.1, 0.15) is 4.83 Å². The molecule has 0 saturated heterocycles. The zero-order chi connectivity index (χ0) is 19.1. The zero-order valence-electron chi connectivity index (χ0n) is 14.1. The summed E-state index contributed by atoms with van der Waals surface area (Å²) < 4.78 is 7.09. The summed E-state index contributed by atoms with van der Waals surface area (Å²) in [6.45, 7) is 0. The molecule has 0 amide bonds. The summed E-state index contributed by atoms with van der Waals surface area (Å²) in [7, 11) is 1.21. The summed E-state index contributed by atoms with van der Waals surface area (Å²) in [4.78, 5) is 38.6. The smallest absolute Gasteiger partial charge is 0.338 e. The van der Waals surface area contributed by atoms with E-state index in [-0.39, 0.29) is 16.9 Å². The molecule has 4 aromatic rings. The first-order valence-electron chi connectivity index (χ1n) is 7.97. The van der Waals surface area contributed by atoms with E-state index in [1.165, 1.54) is 22.8 Å². The van der Waals surface area contributed by atoms with Crippen LogP contribution in [-0.2, 0) is 4.74 Å². The number of hydrogen-bond acceptors (Lipinski definition) is 5. The van der Waals surface area contributed by atoms with Gasteiger partial charge >= 0.3 is 5.97 Å². The SMILES string of the molecule is COC(=O)c1cc(=O)n2c(sc3ccccc32)c1C(=O)c1ccc(Cl)cc1. The standard InChI is InChI=1S/C20H12ClNO4S/c1-26-20(25)13-10-16(23)22-14-4-2-3-5-15(14)27-19(22)17(13)18(24)11-6-8-12(21)9-7-11/h2-10H,1H3. The lowest BCUT2D eigenvalue weighted by Crippen LogP contribution is -2.20. The van der Waals surface area contributed by atoms with Gasteiger partial charge in [-0.05, 0) is 36.4 Å². The van der Waals surface area contributed by atoms with Crippen LogP contribution in [0.3, 0.4) is 0 Å². The molecule has 27 heavy (non-hydrogen) atoms. The summed E-state index contributed by atoms with van der Waals surface area (Å²) in [6.07, 6.45) is 0. The number of ether oxygens (including phenoxy) is 1. The third-order valence-electron chi connectivity index (χ3n) is 4.23. The molecule has 0 saturated carbocycles. The maximum atomic E-state index is 13.2. The van der Waals surface area contributed by atoms with Crippen molar-refractivity contribution in [1.29, 1.82) is 0 Å². The Kier molecular flexibility index (Phi) is 4.30. The van der Waals surface area contributed by atoms with Crippen LogP contribution in [0.2, 0.25) is 5.02 Å². The van der Waals surface area contributed by atoms with Gasteiger partial charge in [0.25, 0.3) is 5.56 Å². The number of rotatable bonds is 3. The molecule has 0 radical (unpaired) electrons. The van der Waals surface area contributed by atoms with E-state index in [0.717, 1.165) is 10.8 Å². The van der Waals surface area contributed by atoms with Crippen molar-refractivity contribution in [3.8, 4) is 0 Å². The second-order valence-corrected chi connectivity index (χ2v) is 7.28. The van der Waals surface area contributed by atoms with Crippen LogP contribution in [0.5, 0.6) is 0 Å². The molecule has 134 valence electrons. The van der Waals surface area contributed by atoms with Crippen LogP contribution < -0.4 is 5.56 Å². The van der Waals surface area contributed by atoms with Crippen LogP contribution in [0.1, 0.15) is 26.3 Å². The van der Waals surface area contributed by atoms with Crippen LogP contribution >= 0.6 is 22.9 Å². The molecule has 0 unspecified atom stereocenters. The summed E-state index contributed by atoms with van der Waals surface area (Å²) >= 11 is 7.19. The maximum Gasteiger partial charge on any atom is 0.338 e. The van der Waals surface area contributed by atoms with Gasteiger partial charge in [-0.15, -0.1) is 11.3 Å². The number of methoxy groups -OCH3 is 1. The van der Waals surface area contributed by atoms with E-state index in [2.05, 4.69) is 0 Å². The van der Waals surface area contributed by atoms with Crippen LogP contribution in [0.15, 0.2) is 59.4 Å². The van der Waals surface area contributed by atoms with Gasteiger partial charge < -0.3 is 4.74 Å². The largest absolute Gasteiger partial charge is 0.465 e. The molecule has 2 aromatic carbocycles. The van der Waals surface area contributed by atoms with E-state index in [4.69, 9.17) is 16.3 Å². The average molecular weight is 398 g/mol. The Balaban J connectivity index is 2.11. The van der Waals surface area contributed by atoms with Gasteiger partial charge in [-0.1, -0.05) is 23.7 Å². The predicted octanol–water partition coefficient (Wildman–Crippen LogP) is 4.19. The lowest BCUT2D eigenvalue weighted by molar-refractivity contribution is 0.0597. The minimum absolute atomic E-state index is 0.0472. The number of hydrogen-bond donors (Lipinski definition) is 0. The molecule has 4 rings (SSSR count). The highest BCUT2D eigenvalue weighted by Crippen LogP contribution is 2.30. The number of pyridine rings is 1. The average Bonchev–Trinajstić information content (AvgIpc) is 3.07. The Bertz CT molecular complexity index is 1270. The quantitative estimate of drug-likeness (QED) is 0.384. The van der Waals surface area contributed by atoms with Crippen molar-refractivity contribution in [1.82, 2.24) is 4.40 Å². The number of carbonyl (C=O) groups is 2. The van der Waals surface area contributed by atoms with E-state index in [0.29, 0.717) is 20.9 Å². The van der Waals surface area contributed by atoms with Crippen LogP contribution in [-0.4, -0.2) is 23.3 Å². The summed E-state index contributed by atoms with van der Waals surface area (Å²) in [6, 6.07) is 14.9. The maximum absolute atomic E-state index is 13.2. The molecule has 2 heterocycles. The lowest BCUT2D eigenvalue weighted by Gasteiger charge is -2.09. The summed E-state index contributed by atoms with van der Waals surface area (Å²) in [5.41, 5.74) is 0.751. The Hall–Kier alpha value is -2.96. The predicted molar refractivity (Wildman–Crippen MR) is 105 cm³/mol. The number of carbonyl (C=O) groups excluding carboxylic acids is 2. The van der Waals surface area contributed by atoms with Crippen LogP contribution in [0.25, 0.3) is 15.0 Å². The first-order chi connectivity index (χ1) is 13.0. The number of halogens is 1. The summed E-state index contributed by atoms with van der Waals surface area (Å²) in [5.74, 6) is -1.11. The molecule has 0 aliphatic heterocycles. The number of fused-ring (bicyclic) bond motifs is 3. The van der Waals surface area contributed by atoms with Crippen molar-refractivity contribution >= 4 is 49.7 Å². The van der Waals surface area contributed by atoms with Crippen molar-refractivity contribution in [3.63, 3.8) is 0 Å². The fourth-order valence-corrected chi connectivity index (χ4v) is 4.31. The molecule has 0 atom stereocenters. The fourth-order valence-electron chi connectivity index (χ4n) is 2.98. The number of ketones is 1. The van der Waals surface area contributed by atoms with Gasteiger partial charge in [-0.3, -0.25) is 14.0 Å². The molecule has 0 N–H and O–H groups in total. The second kappa shape index (κ2) is 6.64. The first-order valence-corrected chi connectivity index (χ1v) is 9.16. The summed E-state index contributed by atoms with van der Waals surface area (Å²) in [5, 5.41) is 0.496. The van der Waals surface area contributed by atoms with Crippen molar-refractivity contribution in [3.05, 3.63) is 86.7 Å². The van der Waals surface area contributed by atoms with Crippen molar-refractivity contribution in [2.24, 2.45) is 0 Å². The minimum atomic E-state index is -0.732. The molecule has 0 fully saturated rings.